The third-order valence-electron chi connectivity index (χ3n) is 7.30. The van der Waals surface area contributed by atoms with E-state index < -0.39 is 24.3 Å². The summed E-state index contributed by atoms with van der Waals surface area (Å²) in [5, 5.41) is 3.06. The Morgan fingerprint density at radius 2 is 1.92 bits per heavy atom. The van der Waals surface area contributed by atoms with Crippen molar-refractivity contribution < 1.29 is 18.0 Å². The molecule has 0 unspecified atom stereocenters. The molecule has 2 atom stereocenters. The van der Waals surface area contributed by atoms with Crippen LogP contribution in [-0.4, -0.2) is 66.2 Å². The Labute approximate surface area is 206 Å². The summed E-state index contributed by atoms with van der Waals surface area (Å²) in [5.41, 5.74) is 0.735. The lowest BCUT2D eigenvalue weighted by molar-refractivity contribution is 0.0944. The summed E-state index contributed by atoms with van der Waals surface area (Å²) >= 11 is 0. The first-order chi connectivity index (χ1) is 17.4. The zero-order chi connectivity index (χ0) is 25.2. The number of hydrogen-bond donors (Lipinski definition) is 2. The van der Waals surface area contributed by atoms with Crippen LogP contribution in [0.3, 0.4) is 0 Å². The Hall–Kier alpha value is -3.40. The van der Waals surface area contributed by atoms with Crippen LogP contribution in [0, 0.1) is 11.8 Å². The van der Waals surface area contributed by atoms with Crippen LogP contribution in [0.2, 0.25) is 0 Å². The number of nitrogens with zero attached hydrogens (tertiary/aromatic N) is 3. The Kier molecular flexibility index (Phi) is 6.95. The van der Waals surface area contributed by atoms with Crippen LogP contribution < -0.4 is 15.8 Å². The van der Waals surface area contributed by atoms with Crippen LogP contribution in [0.5, 0.6) is 0 Å². The Bertz CT molecular complexity index is 1320. The van der Waals surface area contributed by atoms with Gasteiger partial charge in [0.25, 0.3) is 11.5 Å². The SMILES string of the molecule is O=C(NCCF)c1ccc(N2CCN([C@H]3CC[C@@H](c4cc5cccc(F)c5c(=O)[nH]4)C3)CC2)c(F)n1. The predicted octanol–water partition coefficient (Wildman–Crippen LogP) is 3.36. The highest BCUT2D eigenvalue weighted by Crippen LogP contribution is 2.37. The molecule has 7 nitrogen and oxygen atoms in total. The number of carbonyl (C=O) groups excluding carboxylic acids is 1. The third kappa shape index (κ3) is 4.82. The zero-order valence-electron chi connectivity index (χ0n) is 19.8. The van der Waals surface area contributed by atoms with Gasteiger partial charge in [0.2, 0.25) is 5.95 Å². The molecule has 36 heavy (non-hydrogen) atoms. The number of aromatic nitrogens is 2. The summed E-state index contributed by atoms with van der Waals surface area (Å²) < 4.78 is 40.9. The van der Waals surface area contributed by atoms with Crippen molar-refractivity contribution in [2.24, 2.45) is 0 Å². The minimum absolute atomic E-state index is 0.0743. The molecule has 1 aromatic carbocycles. The molecule has 1 aliphatic heterocycles. The third-order valence-corrected chi connectivity index (χ3v) is 7.30. The zero-order valence-corrected chi connectivity index (χ0v) is 19.8. The maximum absolute atomic E-state index is 14.6. The smallest absolute Gasteiger partial charge is 0.270 e. The number of anilines is 1. The van der Waals surface area contributed by atoms with Gasteiger partial charge in [-0.2, -0.15) is 4.39 Å². The van der Waals surface area contributed by atoms with E-state index in [9.17, 15) is 22.8 Å². The highest BCUT2D eigenvalue weighted by atomic mass is 19.1. The molecular weight excluding hydrogens is 471 g/mol. The molecule has 2 N–H and O–H groups in total. The fourth-order valence-corrected chi connectivity index (χ4v) is 5.46. The fraction of sp³-hybridized carbons (Fsp3) is 0.423. The molecule has 1 saturated carbocycles. The summed E-state index contributed by atoms with van der Waals surface area (Å²) in [6, 6.07) is 9.93. The maximum atomic E-state index is 14.6. The van der Waals surface area contributed by atoms with Crippen LogP contribution in [0.4, 0.5) is 18.9 Å². The number of rotatable bonds is 6. The van der Waals surface area contributed by atoms with Gasteiger partial charge in [0.1, 0.15) is 18.2 Å². The van der Waals surface area contributed by atoms with Crippen molar-refractivity contribution in [3.8, 4) is 0 Å². The molecule has 1 amide bonds. The molecule has 2 aromatic heterocycles. The average molecular weight is 500 g/mol. The van der Waals surface area contributed by atoms with E-state index in [2.05, 4.69) is 20.2 Å². The van der Waals surface area contributed by atoms with E-state index in [1.165, 1.54) is 12.1 Å². The molecule has 1 aliphatic carbocycles. The molecule has 3 aromatic rings. The van der Waals surface area contributed by atoms with Crippen molar-refractivity contribution in [1.82, 2.24) is 20.2 Å². The van der Waals surface area contributed by atoms with Crippen LogP contribution >= 0.6 is 0 Å². The second-order valence-electron chi connectivity index (χ2n) is 9.40. The number of alkyl halides is 1. The number of aromatic amines is 1. The molecule has 190 valence electrons. The van der Waals surface area contributed by atoms with E-state index in [4.69, 9.17) is 0 Å². The largest absolute Gasteiger partial charge is 0.365 e. The van der Waals surface area contributed by atoms with Gasteiger partial charge >= 0.3 is 0 Å². The monoisotopic (exact) mass is 499 g/mol. The lowest BCUT2D eigenvalue weighted by Crippen LogP contribution is -2.50. The van der Waals surface area contributed by atoms with Gasteiger partial charge in [-0.25, -0.2) is 13.8 Å². The molecule has 10 heteroatoms. The van der Waals surface area contributed by atoms with Gasteiger partial charge in [0.05, 0.1) is 11.1 Å². The summed E-state index contributed by atoms with van der Waals surface area (Å²) in [6.07, 6.45) is 2.83. The van der Waals surface area contributed by atoms with Gasteiger partial charge in [-0.1, -0.05) is 12.1 Å². The van der Waals surface area contributed by atoms with E-state index in [1.807, 2.05) is 11.0 Å². The van der Waals surface area contributed by atoms with Crippen LogP contribution in [0.1, 0.15) is 41.4 Å². The topological polar surface area (TPSA) is 81.3 Å². The first-order valence-corrected chi connectivity index (χ1v) is 12.3. The highest BCUT2D eigenvalue weighted by Gasteiger charge is 2.33. The minimum atomic E-state index is -0.714. The summed E-state index contributed by atoms with van der Waals surface area (Å²) in [4.78, 5) is 35.4. The van der Waals surface area contributed by atoms with Crippen molar-refractivity contribution in [3.05, 3.63) is 69.9 Å². The fourth-order valence-electron chi connectivity index (χ4n) is 5.46. The number of pyridine rings is 2. The Morgan fingerprint density at radius 1 is 1.11 bits per heavy atom. The molecule has 2 aliphatic rings. The molecular formula is C26H28F3N5O2. The van der Waals surface area contributed by atoms with E-state index >= 15 is 0 Å². The first-order valence-electron chi connectivity index (χ1n) is 12.3. The van der Waals surface area contributed by atoms with Crippen molar-refractivity contribution in [2.45, 2.75) is 31.2 Å². The standard InChI is InChI=1S/C26H28F3N5O2/c27-8-9-30-25(35)20-6-7-22(24(29)31-20)34-12-10-33(11-13-34)18-5-4-16(14-18)21-15-17-2-1-3-19(28)23(17)26(36)32-21/h1-3,6-7,15-16,18H,4-5,8-14H2,(H,30,35)(H,32,36)/t16-,18+/m1/s1. The summed E-state index contributed by atoms with van der Waals surface area (Å²) in [6.45, 7) is 1.93. The summed E-state index contributed by atoms with van der Waals surface area (Å²) in [7, 11) is 0. The van der Waals surface area contributed by atoms with Crippen LogP contribution in [-0.2, 0) is 0 Å². The number of benzene rings is 1. The van der Waals surface area contributed by atoms with Crippen LogP contribution in [0.15, 0.2) is 41.2 Å². The number of carbonyl (C=O) groups is 1. The lowest BCUT2D eigenvalue weighted by atomic mass is 10.00. The van der Waals surface area contributed by atoms with Gasteiger partial charge in [-0.05, 0) is 48.9 Å². The number of halogens is 3. The molecule has 0 bridgehead atoms. The van der Waals surface area contributed by atoms with Gasteiger partial charge < -0.3 is 15.2 Å². The second kappa shape index (κ2) is 10.3. The van der Waals surface area contributed by atoms with Crippen molar-refractivity contribution in [1.29, 1.82) is 0 Å². The van der Waals surface area contributed by atoms with E-state index in [0.717, 1.165) is 38.0 Å². The van der Waals surface area contributed by atoms with Crippen molar-refractivity contribution in [3.63, 3.8) is 0 Å². The average Bonchev–Trinajstić information content (AvgIpc) is 3.38. The Balaban J connectivity index is 1.20. The van der Waals surface area contributed by atoms with Crippen molar-refractivity contribution in [2.75, 3.05) is 44.3 Å². The molecule has 5 rings (SSSR count). The molecule has 1 saturated heterocycles. The van der Waals surface area contributed by atoms with Crippen LogP contribution in [0.25, 0.3) is 10.8 Å². The number of piperazine rings is 1. The van der Waals surface area contributed by atoms with E-state index in [-0.39, 0.29) is 29.1 Å². The number of nitrogens with one attached hydrogen (secondary N) is 2. The molecule has 0 spiro atoms. The highest BCUT2D eigenvalue weighted by molar-refractivity contribution is 5.92. The predicted molar refractivity (Wildman–Crippen MR) is 131 cm³/mol. The van der Waals surface area contributed by atoms with Gasteiger partial charge in [-0.3, -0.25) is 14.5 Å². The second-order valence-corrected chi connectivity index (χ2v) is 9.40. The number of amides is 1. The summed E-state index contributed by atoms with van der Waals surface area (Å²) in [5.74, 6) is -1.62. The normalized spacial score (nSPS) is 20.7. The number of hydrogen-bond acceptors (Lipinski definition) is 5. The molecule has 0 radical (unpaired) electrons. The molecule has 3 heterocycles. The first kappa shape index (κ1) is 24.3. The number of fused-ring (bicyclic) bond motifs is 1. The quantitative estimate of drug-likeness (QED) is 0.509. The van der Waals surface area contributed by atoms with Gasteiger partial charge in [0.15, 0.2) is 0 Å². The minimum Gasteiger partial charge on any atom is -0.365 e. The van der Waals surface area contributed by atoms with Crippen molar-refractivity contribution >= 4 is 22.4 Å². The van der Waals surface area contributed by atoms with E-state index in [1.54, 1.807) is 18.2 Å². The lowest BCUT2D eigenvalue weighted by Gasteiger charge is -2.39. The van der Waals surface area contributed by atoms with Gasteiger partial charge in [-0.15, -0.1) is 0 Å². The molecule has 2 fully saturated rings. The maximum Gasteiger partial charge on any atom is 0.270 e. The number of H-pyrrole nitrogens is 1. The Morgan fingerprint density at radius 3 is 2.67 bits per heavy atom. The van der Waals surface area contributed by atoms with E-state index in [0.29, 0.717) is 30.2 Å². The van der Waals surface area contributed by atoms with Gasteiger partial charge in [0, 0.05) is 50.4 Å².